The van der Waals surface area contributed by atoms with Crippen molar-refractivity contribution in [2.75, 3.05) is 17.2 Å². The maximum atomic E-state index is 12.2. The maximum absolute atomic E-state index is 12.2. The van der Waals surface area contributed by atoms with Crippen LogP contribution in [0.5, 0.6) is 0 Å². The Morgan fingerprint density at radius 3 is 2.76 bits per heavy atom. The molecule has 0 atom stereocenters. The quantitative estimate of drug-likeness (QED) is 0.525. The van der Waals surface area contributed by atoms with Gasteiger partial charge in [-0.2, -0.15) is 4.98 Å². The Morgan fingerprint density at radius 2 is 2.03 bits per heavy atom. The number of nitrogens with one attached hydrogen (secondary N) is 2. The molecule has 1 aromatic carbocycles. The lowest BCUT2D eigenvalue weighted by Gasteiger charge is -2.17. The Morgan fingerprint density at radius 1 is 1.21 bits per heavy atom. The number of fused-ring (bicyclic) bond motifs is 1. The monoisotopic (exact) mass is 388 g/mol. The van der Waals surface area contributed by atoms with Gasteiger partial charge in [-0.05, 0) is 24.5 Å². The van der Waals surface area contributed by atoms with Gasteiger partial charge in [-0.1, -0.05) is 35.5 Å². The van der Waals surface area contributed by atoms with Crippen LogP contribution in [0.15, 0.2) is 54.9 Å². The number of aryl methyl sites for hydroxylation is 1. The zero-order valence-electron chi connectivity index (χ0n) is 15.9. The van der Waals surface area contributed by atoms with Crippen molar-refractivity contribution in [3.63, 3.8) is 0 Å². The van der Waals surface area contributed by atoms with Crippen LogP contribution in [0, 0.1) is 0 Å². The zero-order valence-corrected chi connectivity index (χ0v) is 15.9. The van der Waals surface area contributed by atoms with E-state index < -0.39 is 5.91 Å². The highest BCUT2D eigenvalue weighted by molar-refractivity contribution is 6.01. The first-order valence-electron chi connectivity index (χ1n) is 9.45. The van der Waals surface area contributed by atoms with E-state index in [1.807, 2.05) is 24.4 Å². The van der Waals surface area contributed by atoms with Crippen LogP contribution < -0.4 is 10.6 Å². The summed E-state index contributed by atoms with van der Waals surface area (Å²) in [6, 6.07) is 14.5. The summed E-state index contributed by atoms with van der Waals surface area (Å²) >= 11 is 0. The number of carbonyl (C=O) groups excluding carboxylic acids is 1. The van der Waals surface area contributed by atoms with E-state index in [0.29, 0.717) is 5.65 Å². The Kier molecular flexibility index (Phi) is 4.01. The van der Waals surface area contributed by atoms with Crippen molar-refractivity contribution < 1.29 is 4.79 Å². The van der Waals surface area contributed by atoms with Gasteiger partial charge in [0, 0.05) is 37.0 Å². The predicted octanol–water partition coefficient (Wildman–Crippen LogP) is 2.25. The molecule has 0 spiro atoms. The van der Waals surface area contributed by atoms with Gasteiger partial charge in [0.1, 0.15) is 0 Å². The summed E-state index contributed by atoms with van der Waals surface area (Å²) < 4.78 is 3.09. The fraction of sp³-hybridized carbons (Fsp3) is 0.250. The van der Waals surface area contributed by atoms with Crippen LogP contribution in [-0.4, -0.2) is 42.0 Å². The van der Waals surface area contributed by atoms with Gasteiger partial charge in [0.05, 0.1) is 6.20 Å². The molecule has 1 amide bonds. The summed E-state index contributed by atoms with van der Waals surface area (Å²) in [4.78, 5) is 16.6. The normalized spacial score (nSPS) is 14.7. The Bertz CT molecular complexity index is 1180. The SMILES string of the molecule is Cn1cc(C(=O)Nc2nc3cc(NCC4(c5ccccc5)CC4)ccn3n2)nn1. The molecule has 1 saturated carbocycles. The molecule has 0 radical (unpaired) electrons. The van der Waals surface area contributed by atoms with Gasteiger partial charge < -0.3 is 5.32 Å². The largest absolute Gasteiger partial charge is 0.384 e. The molecule has 9 heteroatoms. The van der Waals surface area contributed by atoms with Crippen LogP contribution in [0.3, 0.4) is 0 Å². The fourth-order valence-corrected chi connectivity index (χ4v) is 3.44. The molecule has 2 N–H and O–H groups in total. The van der Waals surface area contributed by atoms with Gasteiger partial charge in [0.25, 0.3) is 5.91 Å². The molecular formula is C20H20N8O. The number of benzene rings is 1. The zero-order chi connectivity index (χ0) is 19.8. The average Bonchev–Trinajstić information content (AvgIpc) is 3.23. The van der Waals surface area contributed by atoms with Crippen molar-refractivity contribution >= 4 is 23.2 Å². The van der Waals surface area contributed by atoms with E-state index in [9.17, 15) is 4.79 Å². The number of pyridine rings is 1. The number of aromatic nitrogens is 6. The molecule has 0 unspecified atom stereocenters. The molecule has 0 saturated heterocycles. The molecule has 3 aromatic heterocycles. The van der Waals surface area contributed by atoms with E-state index in [1.165, 1.54) is 29.3 Å². The molecule has 5 rings (SSSR count). The summed E-state index contributed by atoms with van der Waals surface area (Å²) in [5.74, 6) is -0.174. The number of nitrogens with zero attached hydrogens (tertiary/aromatic N) is 6. The lowest BCUT2D eigenvalue weighted by molar-refractivity contribution is 0.102. The average molecular weight is 388 g/mol. The van der Waals surface area contributed by atoms with Crippen molar-refractivity contribution in [2.24, 2.45) is 7.05 Å². The highest BCUT2D eigenvalue weighted by Crippen LogP contribution is 2.48. The van der Waals surface area contributed by atoms with E-state index in [0.717, 1.165) is 12.2 Å². The minimum Gasteiger partial charge on any atom is -0.384 e. The number of anilines is 2. The van der Waals surface area contributed by atoms with E-state index in [1.54, 1.807) is 11.6 Å². The fourth-order valence-electron chi connectivity index (χ4n) is 3.44. The van der Waals surface area contributed by atoms with Crippen molar-refractivity contribution in [3.05, 3.63) is 66.1 Å². The van der Waals surface area contributed by atoms with Gasteiger partial charge in [0.2, 0.25) is 5.95 Å². The molecule has 9 nitrogen and oxygen atoms in total. The number of amides is 1. The summed E-state index contributed by atoms with van der Waals surface area (Å²) in [5, 5.41) is 18.0. The number of carbonyl (C=O) groups is 1. The van der Waals surface area contributed by atoms with Crippen LogP contribution in [0.2, 0.25) is 0 Å². The second-order valence-electron chi connectivity index (χ2n) is 7.39. The second kappa shape index (κ2) is 6.69. The van der Waals surface area contributed by atoms with Gasteiger partial charge in [-0.25, -0.2) is 4.52 Å². The topological polar surface area (TPSA) is 102 Å². The minimum absolute atomic E-state index is 0.212. The number of hydrogen-bond acceptors (Lipinski definition) is 6. The van der Waals surface area contributed by atoms with Gasteiger partial charge in [-0.15, -0.1) is 10.2 Å². The molecule has 1 fully saturated rings. The molecule has 1 aliphatic rings. The van der Waals surface area contributed by atoms with Gasteiger partial charge in [0.15, 0.2) is 11.3 Å². The first kappa shape index (κ1) is 17.4. The maximum Gasteiger partial charge on any atom is 0.280 e. The summed E-state index contributed by atoms with van der Waals surface area (Å²) in [6.07, 6.45) is 5.74. The summed E-state index contributed by atoms with van der Waals surface area (Å²) in [5.41, 5.74) is 3.43. The Hall–Kier alpha value is -3.75. The van der Waals surface area contributed by atoms with Crippen LogP contribution >= 0.6 is 0 Å². The van der Waals surface area contributed by atoms with Crippen molar-refractivity contribution in [1.29, 1.82) is 0 Å². The molecular weight excluding hydrogens is 368 g/mol. The van der Waals surface area contributed by atoms with Crippen LogP contribution in [0.4, 0.5) is 11.6 Å². The van der Waals surface area contributed by atoms with E-state index in [2.05, 4.69) is 55.3 Å². The van der Waals surface area contributed by atoms with Gasteiger partial charge >= 0.3 is 0 Å². The highest BCUT2D eigenvalue weighted by atomic mass is 16.2. The smallest absolute Gasteiger partial charge is 0.280 e. The van der Waals surface area contributed by atoms with E-state index >= 15 is 0 Å². The summed E-state index contributed by atoms with van der Waals surface area (Å²) in [7, 11) is 1.70. The molecule has 1 aliphatic carbocycles. The third-order valence-corrected chi connectivity index (χ3v) is 5.27. The van der Waals surface area contributed by atoms with Gasteiger partial charge in [-0.3, -0.25) is 14.8 Å². The van der Waals surface area contributed by atoms with Crippen molar-refractivity contribution in [1.82, 2.24) is 29.6 Å². The Labute approximate surface area is 166 Å². The summed E-state index contributed by atoms with van der Waals surface area (Å²) in [6.45, 7) is 0.873. The van der Waals surface area contributed by atoms with E-state index in [-0.39, 0.29) is 17.1 Å². The highest BCUT2D eigenvalue weighted by Gasteiger charge is 2.43. The lowest BCUT2D eigenvalue weighted by atomic mass is 9.96. The lowest BCUT2D eigenvalue weighted by Crippen LogP contribution is -2.19. The third kappa shape index (κ3) is 3.42. The molecule has 29 heavy (non-hydrogen) atoms. The Balaban J connectivity index is 1.29. The molecule has 3 heterocycles. The molecule has 0 aliphatic heterocycles. The molecule has 146 valence electrons. The van der Waals surface area contributed by atoms with Crippen molar-refractivity contribution in [3.8, 4) is 0 Å². The molecule has 0 bridgehead atoms. The van der Waals surface area contributed by atoms with Crippen molar-refractivity contribution in [2.45, 2.75) is 18.3 Å². The number of rotatable bonds is 6. The van der Waals surface area contributed by atoms with Crippen LogP contribution in [0.25, 0.3) is 5.65 Å². The van der Waals surface area contributed by atoms with Crippen LogP contribution in [0.1, 0.15) is 28.9 Å². The van der Waals surface area contributed by atoms with Crippen LogP contribution in [-0.2, 0) is 12.5 Å². The molecule has 4 aromatic rings. The standard InChI is InChI=1S/C20H20N8O/c1-27-12-16(24-26-27)18(29)23-19-22-17-11-15(7-10-28(17)25-19)21-13-20(8-9-20)14-5-3-2-4-6-14/h2-7,10-12,21H,8-9,13H2,1H3,(H,23,25,29). The van der Waals surface area contributed by atoms with E-state index in [4.69, 9.17) is 0 Å². The first-order chi connectivity index (χ1) is 14.1. The minimum atomic E-state index is -0.397. The first-order valence-corrected chi connectivity index (χ1v) is 9.45. The third-order valence-electron chi connectivity index (χ3n) is 5.27. The second-order valence-corrected chi connectivity index (χ2v) is 7.39. The number of hydrogen-bond donors (Lipinski definition) is 2. The predicted molar refractivity (Wildman–Crippen MR) is 108 cm³/mol.